The number of nitrogens with zero attached hydrogens (tertiary/aromatic N) is 1. The maximum Gasteiger partial charge on any atom is 0.0853 e. The molecule has 0 aromatic heterocycles. The fourth-order valence-electron chi connectivity index (χ4n) is 3.33. The number of ether oxygens (including phenoxy) is 1. The zero-order chi connectivity index (χ0) is 13.2. The minimum absolute atomic E-state index is 0.160. The predicted octanol–water partition coefficient (Wildman–Crippen LogP) is 1.76. The van der Waals surface area contributed by atoms with Crippen LogP contribution in [-0.2, 0) is 11.2 Å². The molecule has 3 unspecified atom stereocenters. The smallest absolute Gasteiger partial charge is 0.0853 e. The number of hydrogen-bond donors (Lipinski definition) is 1. The first kappa shape index (κ1) is 13.1. The van der Waals surface area contributed by atoms with E-state index in [9.17, 15) is 0 Å². The maximum absolute atomic E-state index is 6.38. The second kappa shape index (κ2) is 5.61. The molecule has 19 heavy (non-hydrogen) atoms. The number of hydrogen-bond acceptors (Lipinski definition) is 3. The molecule has 1 aromatic rings. The van der Waals surface area contributed by atoms with E-state index in [0.29, 0.717) is 5.92 Å². The highest BCUT2D eigenvalue weighted by atomic mass is 16.5. The zero-order valence-corrected chi connectivity index (χ0v) is 11.7. The van der Waals surface area contributed by atoms with Crippen LogP contribution < -0.4 is 5.73 Å². The Morgan fingerprint density at radius 2 is 2.26 bits per heavy atom. The van der Waals surface area contributed by atoms with E-state index >= 15 is 0 Å². The highest BCUT2D eigenvalue weighted by Gasteiger charge is 2.31. The van der Waals surface area contributed by atoms with Crippen LogP contribution in [0.1, 0.15) is 30.4 Å². The van der Waals surface area contributed by atoms with Gasteiger partial charge in [0, 0.05) is 19.1 Å². The third-order valence-electron chi connectivity index (χ3n) is 4.62. The van der Waals surface area contributed by atoms with E-state index in [2.05, 4.69) is 36.1 Å². The Bertz CT molecular complexity index is 435. The highest BCUT2D eigenvalue weighted by molar-refractivity contribution is 5.39. The molecule has 2 aliphatic rings. The number of fused-ring (bicyclic) bond motifs is 1. The van der Waals surface area contributed by atoms with E-state index in [1.165, 1.54) is 17.5 Å². The molecule has 1 aliphatic heterocycles. The molecule has 3 heteroatoms. The molecule has 3 atom stereocenters. The molecule has 0 saturated carbocycles. The van der Waals surface area contributed by atoms with Gasteiger partial charge in [0.05, 0.1) is 12.7 Å². The van der Waals surface area contributed by atoms with Gasteiger partial charge in [-0.15, -0.1) is 0 Å². The molecular weight excluding hydrogens is 236 g/mol. The molecule has 0 amide bonds. The third-order valence-corrected chi connectivity index (χ3v) is 4.62. The van der Waals surface area contributed by atoms with Crippen molar-refractivity contribution in [2.75, 3.05) is 26.2 Å². The molecule has 1 heterocycles. The highest BCUT2D eigenvalue weighted by Crippen LogP contribution is 2.38. The van der Waals surface area contributed by atoms with Gasteiger partial charge in [0.15, 0.2) is 0 Å². The van der Waals surface area contributed by atoms with Gasteiger partial charge in [-0.2, -0.15) is 0 Å². The van der Waals surface area contributed by atoms with Crippen molar-refractivity contribution < 1.29 is 4.74 Å². The Kier molecular flexibility index (Phi) is 3.87. The van der Waals surface area contributed by atoms with Crippen LogP contribution in [0.4, 0.5) is 0 Å². The largest absolute Gasteiger partial charge is 0.374 e. The average molecular weight is 260 g/mol. The summed E-state index contributed by atoms with van der Waals surface area (Å²) >= 11 is 0. The second-order valence-electron chi connectivity index (χ2n) is 5.80. The van der Waals surface area contributed by atoms with Crippen molar-refractivity contribution in [2.24, 2.45) is 5.73 Å². The van der Waals surface area contributed by atoms with E-state index in [1.807, 2.05) is 0 Å². The van der Waals surface area contributed by atoms with E-state index in [1.54, 1.807) is 0 Å². The van der Waals surface area contributed by atoms with Gasteiger partial charge < -0.3 is 10.5 Å². The number of benzene rings is 1. The lowest BCUT2D eigenvalue weighted by molar-refractivity contribution is -0.0410. The SMILES string of the molecule is CCN1CCOC(C(N)CC2Cc3ccccc32)C1. The van der Waals surface area contributed by atoms with Crippen LogP contribution in [-0.4, -0.2) is 43.3 Å². The number of nitrogens with two attached hydrogens (primary N) is 1. The van der Waals surface area contributed by atoms with E-state index in [4.69, 9.17) is 10.5 Å². The normalized spacial score (nSPS) is 28.5. The summed E-state index contributed by atoms with van der Waals surface area (Å²) in [5.41, 5.74) is 9.38. The first-order valence-electron chi connectivity index (χ1n) is 7.45. The molecule has 1 saturated heterocycles. The van der Waals surface area contributed by atoms with Crippen molar-refractivity contribution in [1.82, 2.24) is 4.90 Å². The summed E-state index contributed by atoms with van der Waals surface area (Å²) in [7, 11) is 0. The summed E-state index contributed by atoms with van der Waals surface area (Å²) in [5.74, 6) is 0.645. The molecular formula is C16H24N2O. The van der Waals surface area contributed by atoms with Gasteiger partial charge in [0.2, 0.25) is 0 Å². The Morgan fingerprint density at radius 1 is 1.42 bits per heavy atom. The quantitative estimate of drug-likeness (QED) is 0.896. The van der Waals surface area contributed by atoms with Crippen LogP contribution >= 0.6 is 0 Å². The van der Waals surface area contributed by atoms with Crippen LogP contribution in [0.2, 0.25) is 0 Å². The molecule has 1 aromatic carbocycles. The van der Waals surface area contributed by atoms with Gasteiger partial charge in [-0.25, -0.2) is 0 Å². The molecule has 1 fully saturated rings. The standard InChI is InChI=1S/C16H24N2O/c1-2-18-7-8-19-16(11-18)15(17)10-13-9-12-5-3-4-6-14(12)13/h3-6,13,15-16H,2,7-11,17H2,1H3. The van der Waals surface area contributed by atoms with E-state index in [0.717, 1.165) is 32.7 Å². The van der Waals surface area contributed by atoms with Crippen molar-refractivity contribution in [3.05, 3.63) is 35.4 Å². The van der Waals surface area contributed by atoms with Crippen LogP contribution in [0.25, 0.3) is 0 Å². The Balaban J connectivity index is 1.56. The Labute approximate surface area is 115 Å². The molecule has 0 bridgehead atoms. The maximum atomic E-state index is 6.38. The monoisotopic (exact) mass is 260 g/mol. The average Bonchev–Trinajstić information content (AvgIpc) is 2.44. The lowest BCUT2D eigenvalue weighted by Gasteiger charge is -2.38. The van der Waals surface area contributed by atoms with Crippen molar-refractivity contribution >= 4 is 0 Å². The van der Waals surface area contributed by atoms with Crippen molar-refractivity contribution in [3.63, 3.8) is 0 Å². The lowest BCUT2D eigenvalue weighted by Crippen LogP contribution is -2.51. The second-order valence-corrected chi connectivity index (χ2v) is 5.80. The van der Waals surface area contributed by atoms with Gasteiger partial charge in [0.25, 0.3) is 0 Å². The molecule has 1 aliphatic carbocycles. The van der Waals surface area contributed by atoms with Crippen molar-refractivity contribution in [1.29, 1.82) is 0 Å². The summed E-state index contributed by atoms with van der Waals surface area (Å²) in [6, 6.07) is 8.89. The molecule has 3 nitrogen and oxygen atoms in total. The van der Waals surface area contributed by atoms with Crippen LogP contribution in [0.5, 0.6) is 0 Å². The van der Waals surface area contributed by atoms with Gasteiger partial charge >= 0.3 is 0 Å². The topological polar surface area (TPSA) is 38.5 Å². The number of rotatable bonds is 4. The first-order valence-corrected chi connectivity index (χ1v) is 7.45. The predicted molar refractivity (Wildman–Crippen MR) is 77.3 cm³/mol. The third kappa shape index (κ3) is 2.69. The molecule has 3 rings (SSSR count). The molecule has 104 valence electrons. The first-order chi connectivity index (χ1) is 9.28. The van der Waals surface area contributed by atoms with Gasteiger partial charge in [-0.1, -0.05) is 31.2 Å². The van der Waals surface area contributed by atoms with Gasteiger partial charge in [-0.3, -0.25) is 4.90 Å². The zero-order valence-electron chi connectivity index (χ0n) is 11.7. The number of morpholine rings is 1. The summed E-state index contributed by atoms with van der Waals surface area (Å²) in [5, 5.41) is 0. The van der Waals surface area contributed by atoms with Crippen molar-refractivity contribution in [3.8, 4) is 0 Å². The lowest BCUT2D eigenvalue weighted by atomic mass is 9.74. The molecule has 0 radical (unpaired) electrons. The van der Waals surface area contributed by atoms with Crippen LogP contribution in [0, 0.1) is 0 Å². The summed E-state index contributed by atoms with van der Waals surface area (Å²) in [6.07, 6.45) is 2.45. The molecule has 2 N–H and O–H groups in total. The van der Waals surface area contributed by atoms with Crippen molar-refractivity contribution in [2.45, 2.75) is 37.8 Å². The van der Waals surface area contributed by atoms with Gasteiger partial charge in [0.1, 0.15) is 0 Å². The van der Waals surface area contributed by atoms with Gasteiger partial charge in [-0.05, 0) is 36.4 Å². The fraction of sp³-hybridized carbons (Fsp3) is 0.625. The Hall–Kier alpha value is -0.900. The fourth-order valence-corrected chi connectivity index (χ4v) is 3.33. The Morgan fingerprint density at radius 3 is 3.05 bits per heavy atom. The number of likely N-dealkylation sites (N-methyl/N-ethyl adjacent to an activating group) is 1. The minimum atomic E-state index is 0.160. The minimum Gasteiger partial charge on any atom is -0.374 e. The molecule has 0 spiro atoms. The summed E-state index contributed by atoms with van der Waals surface area (Å²) in [6.45, 7) is 6.17. The van der Waals surface area contributed by atoms with Crippen LogP contribution in [0.15, 0.2) is 24.3 Å². The summed E-state index contributed by atoms with van der Waals surface area (Å²) in [4.78, 5) is 2.43. The van der Waals surface area contributed by atoms with Crippen LogP contribution in [0.3, 0.4) is 0 Å². The summed E-state index contributed by atoms with van der Waals surface area (Å²) < 4.78 is 5.86. The van der Waals surface area contributed by atoms with E-state index < -0.39 is 0 Å². The van der Waals surface area contributed by atoms with E-state index in [-0.39, 0.29) is 12.1 Å².